The van der Waals surface area contributed by atoms with Gasteiger partial charge in [-0.2, -0.15) is 0 Å². The van der Waals surface area contributed by atoms with Crippen LogP contribution in [-0.2, 0) is 14.4 Å². The van der Waals surface area contributed by atoms with Gasteiger partial charge in [0.1, 0.15) is 22.8 Å². The highest BCUT2D eigenvalue weighted by atomic mass is 16.6. The average Bonchev–Trinajstić information content (AvgIpc) is 2.68. The molecule has 3 rings (SSSR count). The molecule has 0 fully saturated rings. The van der Waals surface area contributed by atoms with E-state index in [1.165, 1.54) is 12.1 Å². The molecule has 1 amide bonds. The molecular weight excluding hydrogens is 422 g/mol. The third-order valence-corrected chi connectivity index (χ3v) is 4.38. The molecule has 1 atom stereocenters. The van der Waals surface area contributed by atoms with Crippen LogP contribution in [0.2, 0.25) is 0 Å². The summed E-state index contributed by atoms with van der Waals surface area (Å²) in [7, 11) is 0. The maximum absolute atomic E-state index is 13.1. The van der Waals surface area contributed by atoms with Crippen molar-refractivity contribution < 1.29 is 38.2 Å². The minimum Gasteiger partial charge on any atom is -0.480 e. The quantitative estimate of drug-likeness (QED) is 0.431. The van der Waals surface area contributed by atoms with Crippen LogP contribution in [0.25, 0.3) is 11.0 Å². The monoisotopic (exact) mass is 439 g/mol. The summed E-state index contributed by atoms with van der Waals surface area (Å²) in [6.45, 7) is 2.20. The van der Waals surface area contributed by atoms with E-state index in [0.717, 1.165) is 26.0 Å². The molecule has 1 unspecified atom stereocenters. The minimum absolute atomic E-state index is 0.204. The Morgan fingerprint density at radius 3 is 2.03 bits per heavy atom. The lowest BCUT2D eigenvalue weighted by atomic mass is 9.92. The van der Waals surface area contributed by atoms with E-state index in [1.54, 1.807) is 18.2 Å². The molecule has 3 aromatic rings. The number of carbonyl (C=O) groups excluding carboxylic acids is 3. The summed E-state index contributed by atoms with van der Waals surface area (Å²) < 4.78 is 15.7. The number of hydrogen-bond donors (Lipinski definition) is 2. The molecule has 1 heterocycles. The van der Waals surface area contributed by atoms with Crippen molar-refractivity contribution in [1.29, 1.82) is 0 Å². The van der Waals surface area contributed by atoms with Crippen molar-refractivity contribution in [2.75, 3.05) is 0 Å². The van der Waals surface area contributed by atoms with Crippen molar-refractivity contribution in [3.05, 3.63) is 69.6 Å². The van der Waals surface area contributed by atoms with Crippen molar-refractivity contribution in [3.63, 3.8) is 0 Å². The molecule has 0 spiro atoms. The number of ether oxygens (including phenoxy) is 2. The number of nitrogens with two attached hydrogens (primary N) is 1. The van der Waals surface area contributed by atoms with Crippen LogP contribution in [0.3, 0.4) is 0 Å². The van der Waals surface area contributed by atoms with Crippen LogP contribution >= 0.6 is 0 Å². The molecule has 32 heavy (non-hydrogen) atoms. The second-order valence-corrected chi connectivity index (χ2v) is 6.70. The van der Waals surface area contributed by atoms with Crippen molar-refractivity contribution >= 4 is 34.8 Å². The molecule has 2 aromatic carbocycles. The van der Waals surface area contributed by atoms with E-state index in [-0.39, 0.29) is 28.0 Å². The highest BCUT2D eigenvalue weighted by molar-refractivity contribution is 5.99. The summed E-state index contributed by atoms with van der Waals surface area (Å²) in [6.07, 6.45) is 0. The minimum atomic E-state index is -1.53. The zero-order valence-electron chi connectivity index (χ0n) is 16.9. The van der Waals surface area contributed by atoms with E-state index >= 15 is 0 Å². The van der Waals surface area contributed by atoms with Gasteiger partial charge in [-0.3, -0.25) is 24.0 Å². The Hall–Kier alpha value is -4.47. The van der Waals surface area contributed by atoms with Crippen LogP contribution in [0, 0.1) is 0 Å². The molecule has 0 saturated carbocycles. The van der Waals surface area contributed by atoms with E-state index in [9.17, 15) is 29.1 Å². The first-order valence-corrected chi connectivity index (χ1v) is 9.19. The molecule has 3 N–H and O–H groups in total. The third kappa shape index (κ3) is 4.33. The van der Waals surface area contributed by atoms with Crippen molar-refractivity contribution in [3.8, 4) is 11.5 Å². The van der Waals surface area contributed by atoms with E-state index in [0.29, 0.717) is 0 Å². The topological polar surface area (TPSA) is 163 Å². The molecule has 10 heteroatoms. The van der Waals surface area contributed by atoms with Crippen LogP contribution < -0.4 is 20.6 Å². The van der Waals surface area contributed by atoms with E-state index in [2.05, 4.69) is 0 Å². The predicted octanol–water partition coefficient (Wildman–Crippen LogP) is 1.96. The summed E-state index contributed by atoms with van der Waals surface area (Å²) in [6, 6.07) is 9.95. The first-order valence-electron chi connectivity index (χ1n) is 9.19. The fraction of sp³-hybridized carbons (Fsp3) is 0.136. The fourth-order valence-corrected chi connectivity index (χ4v) is 3.18. The smallest absolute Gasteiger partial charge is 0.318 e. The number of benzene rings is 2. The number of esters is 2. The molecular formula is C22H17NO9. The molecule has 0 aliphatic rings. The largest absolute Gasteiger partial charge is 0.480 e. The maximum atomic E-state index is 13.1. The van der Waals surface area contributed by atoms with Gasteiger partial charge >= 0.3 is 17.9 Å². The van der Waals surface area contributed by atoms with Gasteiger partial charge in [-0.05, 0) is 11.6 Å². The Morgan fingerprint density at radius 2 is 1.53 bits per heavy atom. The van der Waals surface area contributed by atoms with Gasteiger partial charge in [0, 0.05) is 19.9 Å². The third-order valence-electron chi connectivity index (χ3n) is 4.38. The molecule has 1 aromatic heterocycles. The van der Waals surface area contributed by atoms with Gasteiger partial charge in [0.2, 0.25) is 5.43 Å². The second-order valence-electron chi connectivity index (χ2n) is 6.70. The van der Waals surface area contributed by atoms with Crippen LogP contribution in [0.5, 0.6) is 11.5 Å². The lowest BCUT2D eigenvalue weighted by Crippen LogP contribution is -2.27. The zero-order valence-corrected chi connectivity index (χ0v) is 16.9. The molecule has 0 aliphatic carbocycles. The van der Waals surface area contributed by atoms with E-state index < -0.39 is 46.5 Å². The fourth-order valence-electron chi connectivity index (χ4n) is 3.18. The van der Waals surface area contributed by atoms with Gasteiger partial charge in [0.15, 0.2) is 11.5 Å². The number of carboxylic acid groups (broad SMARTS) is 1. The Bertz CT molecular complexity index is 1310. The number of carboxylic acids is 1. The summed E-state index contributed by atoms with van der Waals surface area (Å²) in [5.74, 6) is -6.62. The number of fused-ring (bicyclic) bond motifs is 1. The van der Waals surface area contributed by atoms with Crippen LogP contribution in [-0.4, -0.2) is 28.9 Å². The average molecular weight is 439 g/mol. The van der Waals surface area contributed by atoms with Crippen molar-refractivity contribution in [1.82, 2.24) is 0 Å². The second kappa shape index (κ2) is 8.72. The van der Waals surface area contributed by atoms with Gasteiger partial charge in [-0.15, -0.1) is 0 Å². The number of amides is 1. The first kappa shape index (κ1) is 22.2. The van der Waals surface area contributed by atoms with Crippen LogP contribution in [0.15, 0.2) is 51.7 Å². The molecule has 164 valence electrons. The highest BCUT2D eigenvalue weighted by Crippen LogP contribution is 2.35. The summed E-state index contributed by atoms with van der Waals surface area (Å²) in [5, 5.41) is 9.60. The Labute approximate surface area is 180 Å². The van der Waals surface area contributed by atoms with Gasteiger partial charge in [-0.1, -0.05) is 30.3 Å². The number of primary amides is 1. The van der Waals surface area contributed by atoms with E-state index in [4.69, 9.17) is 19.6 Å². The molecule has 10 nitrogen and oxygen atoms in total. The van der Waals surface area contributed by atoms with Crippen molar-refractivity contribution in [2.45, 2.75) is 19.8 Å². The predicted molar refractivity (Wildman–Crippen MR) is 110 cm³/mol. The molecule has 0 saturated heterocycles. The highest BCUT2D eigenvalue weighted by Gasteiger charge is 2.32. The van der Waals surface area contributed by atoms with Gasteiger partial charge in [0.05, 0.1) is 5.39 Å². The SMILES string of the molecule is CC(=O)Oc1cc2oc(C(C(=O)O)c3ccccc3)c(C(N)=O)c(=O)c2cc1OC(C)=O. The van der Waals surface area contributed by atoms with Crippen LogP contribution in [0.1, 0.15) is 41.4 Å². The lowest BCUT2D eigenvalue weighted by Gasteiger charge is -2.16. The molecule has 0 aliphatic heterocycles. The Kier molecular flexibility index (Phi) is 6.06. The van der Waals surface area contributed by atoms with Gasteiger partial charge < -0.3 is 24.7 Å². The summed E-state index contributed by atoms with van der Waals surface area (Å²) in [4.78, 5) is 60.2. The summed E-state index contributed by atoms with van der Waals surface area (Å²) in [5.41, 5.74) is 3.83. The lowest BCUT2D eigenvalue weighted by molar-refractivity contribution is -0.138. The standard InChI is InChI=1S/C22H17NO9/c1-10(24)30-15-8-13-14(9-16(15)31-11(2)25)32-20(18(19(13)26)21(23)27)17(22(28)29)12-6-4-3-5-7-12/h3-9,17H,1-2H3,(H2,23,27)(H,28,29). The number of aliphatic carboxylic acids is 1. The van der Waals surface area contributed by atoms with Gasteiger partial charge in [0.25, 0.3) is 5.91 Å². The zero-order chi connectivity index (χ0) is 23.6. The van der Waals surface area contributed by atoms with Crippen LogP contribution in [0.4, 0.5) is 0 Å². The Balaban J connectivity index is 2.39. The first-order chi connectivity index (χ1) is 15.1. The summed E-state index contributed by atoms with van der Waals surface area (Å²) >= 11 is 0. The van der Waals surface area contributed by atoms with E-state index in [1.807, 2.05) is 0 Å². The molecule has 0 radical (unpaired) electrons. The molecule has 0 bridgehead atoms. The number of rotatable bonds is 6. The van der Waals surface area contributed by atoms with Crippen molar-refractivity contribution in [2.24, 2.45) is 5.73 Å². The normalized spacial score (nSPS) is 11.6. The Morgan fingerprint density at radius 1 is 0.969 bits per heavy atom. The number of carbonyl (C=O) groups is 4. The maximum Gasteiger partial charge on any atom is 0.318 e. The van der Waals surface area contributed by atoms with Gasteiger partial charge in [-0.25, -0.2) is 0 Å². The number of hydrogen-bond acceptors (Lipinski definition) is 8.